The molecule has 27 heavy (non-hydrogen) atoms. The lowest BCUT2D eigenvalue weighted by molar-refractivity contribution is 0.0687. The number of carboxylic acid groups (broad SMARTS) is 1. The number of nitrogens with two attached hydrogens (primary N) is 1. The van der Waals surface area contributed by atoms with E-state index in [1.807, 2.05) is 0 Å². The van der Waals surface area contributed by atoms with Crippen molar-refractivity contribution in [2.75, 3.05) is 5.73 Å². The van der Waals surface area contributed by atoms with Gasteiger partial charge in [0.15, 0.2) is 17.2 Å². The SMILES string of the molecule is Cc1nc2cc(CNC(=O)c3cc(C(=O)O)n4nc(N)nc4n3)ccc2o1. The van der Waals surface area contributed by atoms with E-state index in [0.717, 1.165) is 16.1 Å². The van der Waals surface area contributed by atoms with Crippen LogP contribution in [-0.2, 0) is 6.54 Å². The Bertz CT molecular complexity index is 1210. The molecule has 0 spiro atoms. The Morgan fingerprint density at radius 1 is 1.26 bits per heavy atom. The lowest BCUT2D eigenvalue weighted by Crippen LogP contribution is -2.25. The Morgan fingerprint density at radius 2 is 2.07 bits per heavy atom. The van der Waals surface area contributed by atoms with E-state index in [4.69, 9.17) is 10.2 Å². The smallest absolute Gasteiger partial charge is 0.354 e. The number of rotatable bonds is 4. The van der Waals surface area contributed by atoms with E-state index in [1.165, 1.54) is 0 Å². The van der Waals surface area contributed by atoms with Gasteiger partial charge in [-0.1, -0.05) is 6.07 Å². The van der Waals surface area contributed by atoms with Gasteiger partial charge >= 0.3 is 5.97 Å². The quantitative estimate of drug-likeness (QED) is 0.473. The molecule has 11 heteroatoms. The number of fused-ring (bicyclic) bond motifs is 2. The molecule has 11 nitrogen and oxygen atoms in total. The molecule has 0 aliphatic rings. The van der Waals surface area contributed by atoms with Gasteiger partial charge in [-0.25, -0.2) is 14.8 Å². The van der Waals surface area contributed by atoms with Crippen molar-refractivity contribution in [3.05, 3.63) is 47.1 Å². The summed E-state index contributed by atoms with van der Waals surface area (Å²) < 4.78 is 6.37. The van der Waals surface area contributed by atoms with Crippen molar-refractivity contribution in [1.29, 1.82) is 0 Å². The molecule has 0 radical (unpaired) electrons. The van der Waals surface area contributed by atoms with Crippen LogP contribution in [0.4, 0.5) is 5.95 Å². The predicted octanol–water partition coefficient (Wildman–Crippen LogP) is 0.784. The van der Waals surface area contributed by atoms with Gasteiger partial charge in [-0.2, -0.15) is 9.50 Å². The van der Waals surface area contributed by atoms with Crippen molar-refractivity contribution < 1.29 is 19.1 Å². The minimum Gasteiger partial charge on any atom is -0.477 e. The van der Waals surface area contributed by atoms with E-state index >= 15 is 0 Å². The van der Waals surface area contributed by atoms with Crippen LogP contribution >= 0.6 is 0 Å². The Labute approximate surface area is 150 Å². The minimum atomic E-state index is -1.28. The molecule has 0 bridgehead atoms. The molecule has 0 saturated carbocycles. The zero-order valence-corrected chi connectivity index (χ0v) is 14.0. The van der Waals surface area contributed by atoms with Gasteiger partial charge in [0, 0.05) is 19.5 Å². The van der Waals surface area contributed by atoms with Crippen LogP contribution in [0.25, 0.3) is 16.9 Å². The second-order valence-corrected chi connectivity index (χ2v) is 5.73. The third kappa shape index (κ3) is 3.01. The van der Waals surface area contributed by atoms with Crippen LogP contribution in [0.1, 0.15) is 32.4 Å². The fraction of sp³-hybridized carbons (Fsp3) is 0.125. The molecule has 4 rings (SSSR count). The highest BCUT2D eigenvalue weighted by molar-refractivity contribution is 5.95. The van der Waals surface area contributed by atoms with Crippen molar-refractivity contribution >= 4 is 34.7 Å². The van der Waals surface area contributed by atoms with Crippen molar-refractivity contribution in [2.45, 2.75) is 13.5 Å². The fourth-order valence-electron chi connectivity index (χ4n) is 2.62. The third-order valence-corrected chi connectivity index (χ3v) is 3.79. The number of hydrogen-bond donors (Lipinski definition) is 3. The summed E-state index contributed by atoms with van der Waals surface area (Å²) in [7, 11) is 0. The number of hydrogen-bond acceptors (Lipinski definition) is 8. The van der Waals surface area contributed by atoms with Crippen molar-refractivity contribution in [1.82, 2.24) is 29.9 Å². The predicted molar refractivity (Wildman–Crippen MR) is 92.1 cm³/mol. The molecule has 0 unspecified atom stereocenters. The number of anilines is 1. The van der Waals surface area contributed by atoms with Crippen LogP contribution in [0.2, 0.25) is 0 Å². The van der Waals surface area contributed by atoms with Gasteiger partial charge in [-0.05, 0) is 17.7 Å². The molecule has 3 aromatic heterocycles. The number of amides is 1. The second kappa shape index (κ2) is 6.05. The zero-order valence-electron chi connectivity index (χ0n) is 14.0. The van der Waals surface area contributed by atoms with Gasteiger partial charge in [-0.3, -0.25) is 4.79 Å². The standard InChI is InChI=1S/C16H13N7O4/c1-7-19-9-4-8(2-3-12(9)27-7)6-18-13(24)10-5-11(14(25)26)23-16(20-10)21-15(17)22-23/h2-5H,6H2,1H3,(H2,17,22)(H,18,24)(H,25,26). The van der Waals surface area contributed by atoms with Gasteiger partial charge < -0.3 is 20.6 Å². The van der Waals surface area contributed by atoms with E-state index in [0.29, 0.717) is 17.0 Å². The fourth-order valence-corrected chi connectivity index (χ4v) is 2.62. The average Bonchev–Trinajstić information content (AvgIpc) is 3.18. The van der Waals surface area contributed by atoms with Gasteiger partial charge in [0.2, 0.25) is 5.95 Å². The monoisotopic (exact) mass is 367 g/mol. The molecule has 4 N–H and O–H groups in total. The Balaban J connectivity index is 1.59. The summed E-state index contributed by atoms with van der Waals surface area (Å²) in [5.41, 5.74) is 7.25. The average molecular weight is 367 g/mol. The van der Waals surface area contributed by atoms with Crippen molar-refractivity contribution in [3.8, 4) is 0 Å². The molecule has 136 valence electrons. The molecule has 0 aliphatic heterocycles. The molecule has 0 fully saturated rings. The maximum Gasteiger partial charge on any atom is 0.354 e. The van der Waals surface area contributed by atoms with E-state index in [9.17, 15) is 14.7 Å². The summed E-state index contributed by atoms with van der Waals surface area (Å²) in [5, 5.41) is 15.7. The summed E-state index contributed by atoms with van der Waals surface area (Å²) >= 11 is 0. The first-order chi connectivity index (χ1) is 12.9. The van der Waals surface area contributed by atoms with Crippen LogP contribution in [0, 0.1) is 6.92 Å². The number of carboxylic acids is 1. The van der Waals surface area contributed by atoms with Crippen LogP contribution in [0.15, 0.2) is 28.7 Å². The highest BCUT2D eigenvalue weighted by Gasteiger charge is 2.18. The molecular weight excluding hydrogens is 354 g/mol. The highest BCUT2D eigenvalue weighted by atomic mass is 16.4. The number of nitrogens with zero attached hydrogens (tertiary/aromatic N) is 5. The maximum absolute atomic E-state index is 12.4. The topological polar surface area (TPSA) is 162 Å². The van der Waals surface area contributed by atoms with Crippen LogP contribution in [0.3, 0.4) is 0 Å². The number of nitrogen functional groups attached to an aromatic ring is 1. The molecule has 0 saturated heterocycles. The zero-order chi connectivity index (χ0) is 19.1. The van der Waals surface area contributed by atoms with Crippen molar-refractivity contribution in [2.24, 2.45) is 0 Å². The maximum atomic E-state index is 12.4. The van der Waals surface area contributed by atoms with Crippen molar-refractivity contribution in [3.63, 3.8) is 0 Å². The lowest BCUT2D eigenvalue weighted by Gasteiger charge is -2.06. The Kier molecular flexibility index (Phi) is 3.69. The Morgan fingerprint density at radius 3 is 2.85 bits per heavy atom. The highest BCUT2D eigenvalue weighted by Crippen LogP contribution is 2.17. The summed E-state index contributed by atoms with van der Waals surface area (Å²) in [6, 6.07) is 6.47. The number of aromatic carboxylic acids is 1. The molecule has 3 heterocycles. The van der Waals surface area contributed by atoms with E-state index in [-0.39, 0.29) is 29.7 Å². The first-order valence-electron chi connectivity index (χ1n) is 7.81. The molecule has 4 aromatic rings. The van der Waals surface area contributed by atoms with E-state index in [1.54, 1.807) is 25.1 Å². The van der Waals surface area contributed by atoms with Gasteiger partial charge in [0.1, 0.15) is 11.2 Å². The van der Waals surface area contributed by atoms with Crippen LogP contribution < -0.4 is 11.1 Å². The Hall–Kier alpha value is -4.02. The lowest BCUT2D eigenvalue weighted by atomic mass is 10.2. The summed E-state index contributed by atoms with van der Waals surface area (Å²) in [4.78, 5) is 35.9. The van der Waals surface area contributed by atoms with Gasteiger partial charge in [0.05, 0.1) is 0 Å². The molecule has 1 amide bonds. The van der Waals surface area contributed by atoms with Crippen LogP contribution in [0.5, 0.6) is 0 Å². The minimum absolute atomic E-state index is 0.0722. The number of carbonyl (C=O) groups excluding carboxylic acids is 1. The second-order valence-electron chi connectivity index (χ2n) is 5.73. The molecule has 0 aliphatic carbocycles. The number of aryl methyl sites for hydroxylation is 1. The first-order valence-corrected chi connectivity index (χ1v) is 7.81. The summed E-state index contributed by atoms with van der Waals surface area (Å²) in [6.07, 6.45) is 0. The molecular formula is C16H13N7O4. The number of nitrogens with one attached hydrogen (secondary N) is 1. The summed E-state index contributed by atoms with van der Waals surface area (Å²) in [5.74, 6) is -1.50. The van der Waals surface area contributed by atoms with Crippen LogP contribution in [-0.4, -0.2) is 41.5 Å². The molecule has 0 atom stereocenters. The van der Waals surface area contributed by atoms with E-state index in [2.05, 4.69) is 25.4 Å². The number of oxazole rings is 1. The largest absolute Gasteiger partial charge is 0.477 e. The third-order valence-electron chi connectivity index (χ3n) is 3.79. The number of aromatic nitrogens is 5. The molecule has 1 aromatic carbocycles. The normalized spacial score (nSPS) is 11.1. The van der Waals surface area contributed by atoms with E-state index < -0.39 is 11.9 Å². The number of benzene rings is 1. The van der Waals surface area contributed by atoms with Gasteiger partial charge in [0.25, 0.3) is 11.7 Å². The first kappa shape index (κ1) is 16.4. The number of carbonyl (C=O) groups is 2. The summed E-state index contributed by atoms with van der Waals surface area (Å²) in [6.45, 7) is 1.95. The van der Waals surface area contributed by atoms with Gasteiger partial charge in [-0.15, -0.1) is 5.10 Å².